The summed E-state index contributed by atoms with van der Waals surface area (Å²) < 4.78 is 13.8. The summed E-state index contributed by atoms with van der Waals surface area (Å²) >= 11 is 3.29. The zero-order valence-corrected chi connectivity index (χ0v) is 12.2. The Labute approximate surface area is 124 Å². The van der Waals surface area contributed by atoms with E-state index in [9.17, 15) is 9.18 Å². The first kappa shape index (κ1) is 14.7. The van der Waals surface area contributed by atoms with Crippen molar-refractivity contribution in [2.75, 3.05) is 5.32 Å². The van der Waals surface area contributed by atoms with E-state index in [1.54, 1.807) is 30.3 Å². The molecule has 0 saturated carbocycles. The number of hydrogen-bond donors (Lipinski definition) is 2. The Bertz CT molecular complexity index is 631. The molecule has 0 radical (unpaired) electrons. The third-order valence-electron chi connectivity index (χ3n) is 2.75. The number of halogens is 2. The zero-order valence-electron chi connectivity index (χ0n) is 10.6. The number of anilines is 1. The number of aliphatic hydroxyl groups is 1. The van der Waals surface area contributed by atoms with E-state index in [0.717, 1.165) is 5.56 Å². The zero-order chi connectivity index (χ0) is 14.5. The molecule has 0 fully saturated rings. The fourth-order valence-corrected chi connectivity index (χ4v) is 2.19. The van der Waals surface area contributed by atoms with Gasteiger partial charge >= 0.3 is 0 Å². The molecule has 0 atom stereocenters. The lowest BCUT2D eigenvalue weighted by Crippen LogP contribution is -2.15. The molecule has 0 heterocycles. The normalized spacial score (nSPS) is 10.3. The predicted octanol–water partition coefficient (Wildman–Crippen LogP) is 3.26. The molecule has 0 spiro atoms. The largest absolute Gasteiger partial charge is 0.392 e. The van der Waals surface area contributed by atoms with Gasteiger partial charge in [-0.2, -0.15) is 0 Å². The average Bonchev–Trinajstić information content (AvgIpc) is 2.43. The molecule has 20 heavy (non-hydrogen) atoms. The van der Waals surface area contributed by atoms with E-state index in [1.165, 1.54) is 12.1 Å². The van der Waals surface area contributed by atoms with Crippen molar-refractivity contribution in [1.29, 1.82) is 0 Å². The van der Waals surface area contributed by atoms with Crippen molar-refractivity contribution in [3.8, 4) is 0 Å². The van der Waals surface area contributed by atoms with Gasteiger partial charge in [0.2, 0.25) is 5.91 Å². The molecule has 1 amide bonds. The Balaban J connectivity index is 2.07. The molecular weight excluding hydrogens is 325 g/mol. The number of carbonyl (C=O) groups is 1. The molecule has 0 unspecified atom stereocenters. The van der Waals surface area contributed by atoms with Crippen LogP contribution in [0.3, 0.4) is 0 Å². The molecule has 2 N–H and O–H groups in total. The van der Waals surface area contributed by atoms with E-state index in [4.69, 9.17) is 5.11 Å². The van der Waals surface area contributed by atoms with Crippen molar-refractivity contribution in [2.24, 2.45) is 0 Å². The van der Waals surface area contributed by atoms with E-state index >= 15 is 0 Å². The third-order valence-corrected chi connectivity index (χ3v) is 3.53. The number of benzene rings is 2. The number of carbonyl (C=O) groups excluding carboxylic acids is 1. The molecule has 5 heteroatoms. The second-order valence-corrected chi connectivity index (χ2v) is 5.17. The van der Waals surface area contributed by atoms with Gasteiger partial charge in [-0.1, -0.05) is 28.1 Å². The first-order valence-corrected chi connectivity index (χ1v) is 6.81. The highest BCUT2D eigenvalue weighted by molar-refractivity contribution is 9.10. The lowest BCUT2D eigenvalue weighted by atomic mass is 10.1. The maximum atomic E-state index is 13.1. The summed E-state index contributed by atoms with van der Waals surface area (Å²) in [6, 6.07) is 11.2. The quantitative estimate of drug-likeness (QED) is 0.899. The van der Waals surface area contributed by atoms with Gasteiger partial charge in [-0.15, -0.1) is 0 Å². The van der Waals surface area contributed by atoms with Crippen LogP contribution in [0.4, 0.5) is 10.1 Å². The van der Waals surface area contributed by atoms with Crippen LogP contribution in [-0.2, 0) is 17.8 Å². The van der Waals surface area contributed by atoms with Crippen LogP contribution in [0.25, 0.3) is 0 Å². The van der Waals surface area contributed by atoms with Gasteiger partial charge in [-0.3, -0.25) is 4.79 Å². The lowest BCUT2D eigenvalue weighted by molar-refractivity contribution is -0.115. The second-order valence-electron chi connectivity index (χ2n) is 4.32. The van der Waals surface area contributed by atoms with Crippen LogP contribution >= 0.6 is 15.9 Å². The fraction of sp³-hybridized carbons (Fsp3) is 0.133. The van der Waals surface area contributed by atoms with Crippen LogP contribution in [0.15, 0.2) is 46.9 Å². The van der Waals surface area contributed by atoms with Crippen LogP contribution in [0.5, 0.6) is 0 Å². The highest BCUT2D eigenvalue weighted by Crippen LogP contribution is 2.19. The van der Waals surface area contributed by atoms with E-state index < -0.39 is 0 Å². The summed E-state index contributed by atoms with van der Waals surface area (Å²) in [5.41, 5.74) is 1.91. The van der Waals surface area contributed by atoms with Crippen molar-refractivity contribution >= 4 is 27.5 Å². The van der Waals surface area contributed by atoms with Crippen molar-refractivity contribution < 1.29 is 14.3 Å². The van der Waals surface area contributed by atoms with Gasteiger partial charge in [0.05, 0.1) is 13.0 Å². The molecule has 2 rings (SSSR count). The van der Waals surface area contributed by atoms with E-state index in [0.29, 0.717) is 15.7 Å². The summed E-state index contributed by atoms with van der Waals surface area (Å²) in [7, 11) is 0. The maximum absolute atomic E-state index is 13.1. The van der Waals surface area contributed by atoms with Crippen LogP contribution in [0, 0.1) is 5.82 Å². The summed E-state index contributed by atoms with van der Waals surface area (Å²) in [5.74, 6) is -0.621. The van der Waals surface area contributed by atoms with Crippen LogP contribution in [0.1, 0.15) is 11.1 Å². The van der Waals surface area contributed by atoms with Gasteiger partial charge in [-0.25, -0.2) is 4.39 Å². The van der Waals surface area contributed by atoms with Crippen molar-refractivity contribution in [1.82, 2.24) is 0 Å². The first-order valence-electron chi connectivity index (χ1n) is 6.02. The van der Waals surface area contributed by atoms with E-state index in [2.05, 4.69) is 21.2 Å². The van der Waals surface area contributed by atoms with Crippen LogP contribution < -0.4 is 5.32 Å². The summed E-state index contributed by atoms with van der Waals surface area (Å²) in [4.78, 5) is 11.9. The monoisotopic (exact) mass is 337 g/mol. The Morgan fingerprint density at radius 1 is 1.25 bits per heavy atom. The smallest absolute Gasteiger partial charge is 0.228 e. The van der Waals surface area contributed by atoms with E-state index in [-0.39, 0.29) is 24.8 Å². The Morgan fingerprint density at radius 3 is 2.80 bits per heavy atom. The summed E-state index contributed by atoms with van der Waals surface area (Å²) in [6.45, 7) is -0.0842. The minimum Gasteiger partial charge on any atom is -0.392 e. The van der Waals surface area contributed by atoms with Gasteiger partial charge in [0.25, 0.3) is 0 Å². The minimum atomic E-state index is -0.377. The number of nitrogens with one attached hydrogen (secondary N) is 1. The van der Waals surface area contributed by atoms with Crippen LogP contribution in [0.2, 0.25) is 0 Å². The van der Waals surface area contributed by atoms with Crippen molar-refractivity contribution in [3.63, 3.8) is 0 Å². The number of amides is 1. The van der Waals surface area contributed by atoms with Gasteiger partial charge in [0.15, 0.2) is 0 Å². The predicted molar refractivity (Wildman–Crippen MR) is 78.8 cm³/mol. The lowest BCUT2D eigenvalue weighted by Gasteiger charge is -2.08. The van der Waals surface area contributed by atoms with Gasteiger partial charge in [0.1, 0.15) is 5.82 Å². The molecule has 0 aromatic heterocycles. The molecule has 3 nitrogen and oxygen atoms in total. The second kappa shape index (κ2) is 6.63. The first-order chi connectivity index (χ1) is 9.58. The highest BCUT2D eigenvalue weighted by atomic mass is 79.9. The van der Waals surface area contributed by atoms with Crippen molar-refractivity contribution in [3.05, 3.63) is 63.9 Å². The molecule has 0 aliphatic carbocycles. The highest BCUT2D eigenvalue weighted by Gasteiger charge is 2.08. The maximum Gasteiger partial charge on any atom is 0.228 e. The number of aliphatic hydroxyl groups excluding tert-OH is 1. The third kappa shape index (κ3) is 3.88. The van der Waals surface area contributed by atoms with Gasteiger partial charge in [0, 0.05) is 10.2 Å². The molecule has 2 aromatic carbocycles. The fourth-order valence-electron chi connectivity index (χ4n) is 1.80. The molecule has 0 aliphatic rings. The minimum absolute atomic E-state index is 0.0711. The van der Waals surface area contributed by atoms with Crippen molar-refractivity contribution in [2.45, 2.75) is 13.0 Å². The van der Waals surface area contributed by atoms with Crippen LogP contribution in [-0.4, -0.2) is 11.0 Å². The Morgan fingerprint density at radius 2 is 2.05 bits per heavy atom. The topological polar surface area (TPSA) is 49.3 Å². The number of hydrogen-bond acceptors (Lipinski definition) is 2. The van der Waals surface area contributed by atoms with E-state index in [1.807, 2.05) is 0 Å². The SMILES string of the molecule is O=C(Cc1cc(F)ccc1Br)Nc1cccc(CO)c1. The molecule has 0 saturated heterocycles. The molecule has 2 aromatic rings. The van der Waals surface area contributed by atoms with Gasteiger partial charge < -0.3 is 10.4 Å². The Hall–Kier alpha value is -1.72. The average molecular weight is 338 g/mol. The molecule has 104 valence electrons. The molecular formula is C15H13BrFNO2. The molecule has 0 bridgehead atoms. The van der Waals surface area contributed by atoms with Gasteiger partial charge in [-0.05, 0) is 41.5 Å². The summed E-state index contributed by atoms with van der Waals surface area (Å²) in [6.07, 6.45) is 0.0711. The number of rotatable bonds is 4. The Kier molecular flexibility index (Phi) is 4.87. The summed E-state index contributed by atoms with van der Waals surface area (Å²) in [5, 5.41) is 11.8. The standard InChI is InChI=1S/C15H13BrFNO2/c16-14-5-4-12(17)7-11(14)8-15(20)18-13-3-1-2-10(6-13)9-19/h1-7,19H,8-9H2,(H,18,20). The molecule has 0 aliphatic heterocycles.